The van der Waals surface area contributed by atoms with Gasteiger partial charge in [-0.3, -0.25) is 5.43 Å². The predicted molar refractivity (Wildman–Crippen MR) is 133 cm³/mol. The van der Waals surface area contributed by atoms with E-state index in [4.69, 9.17) is 20.0 Å². The van der Waals surface area contributed by atoms with Gasteiger partial charge in [0.25, 0.3) is 0 Å². The minimum atomic E-state index is 0.789. The lowest BCUT2D eigenvalue weighted by atomic mass is 10.0. The lowest BCUT2D eigenvalue weighted by molar-refractivity contribution is -0.690. The molecule has 6 nitrogen and oxygen atoms in total. The van der Waals surface area contributed by atoms with Gasteiger partial charge >= 0.3 is 0 Å². The quantitative estimate of drug-likeness (QED) is 0.288. The summed E-state index contributed by atoms with van der Waals surface area (Å²) in [6, 6.07) is 35.7. The third-order valence-corrected chi connectivity index (χ3v) is 5.48. The zero-order chi connectivity index (χ0) is 23.3. The van der Waals surface area contributed by atoms with Crippen LogP contribution in [0.2, 0.25) is 0 Å². The van der Waals surface area contributed by atoms with E-state index in [0.29, 0.717) is 0 Å². The Balaban J connectivity index is 1.77. The maximum Gasteiger partial charge on any atom is 0.234 e. The van der Waals surface area contributed by atoms with Crippen molar-refractivity contribution in [2.45, 2.75) is 0 Å². The van der Waals surface area contributed by atoms with Crippen LogP contribution in [0, 0.1) is 0 Å². The standard InChI is InChI=1S/C28H24N4O2/c1-33-25-17-13-21(14-18-25)27-28(22-15-19-26(34-2)20-16-22)32(29-23-9-5-3-6-10-23)31(30-27)24-11-7-4-8-12-24/h3-20H,1-2H3. The summed E-state index contributed by atoms with van der Waals surface area (Å²) in [5.41, 5.74) is 10.3. The SMILES string of the molecule is COc1ccc(-c2nn(-c3ccccc3)[n+]([N-]c3ccccc3)c2-c2ccc(OC)cc2)cc1. The second-order valence-corrected chi connectivity index (χ2v) is 7.60. The van der Waals surface area contributed by atoms with Gasteiger partial charge in [0.2, 0.25) is 5.69 Å². The molecule has 1 aromatic heterocycles. The van der Waals surface area contributed by atoms with Crippen molar-refractivity contribution in [2.24, 2.45) is 0 Å². The molecule has 0 radical (unpaired) electrons. The van der Waals surface area contributed by atoms with Crippen LogP contribution in [0.4, 0.5) is 5.69 Å². The third-order valence-electron chi connectivity index (χ3n) is 5.48. The van der Waals surface area contributed by atoms with Gasteiger partial charge in [-0.15, -0.1) is 4.80 Å². The molecule has 0 saturated carbocycles. The number of benzene rings is 4. The molecule has 4 aromatic carbocycles. The Kier molecular flexibility index (Phi) is 5.95. The number of methoxy groups -OCH3 is 2. The Hall–Kier alpha value is -4.58. The predicted octanol–water partition coefficient (Wildman–Crippen LogP) is 5.98. The van der Waals surface area contributed by atoms with E-state index in [9.17, 15) is 0 Å². The fourth-order valence-corrected chi connectivity index (χ4v) is 3.74. The van der Waals surface area contributed by atoms with Crippen LogP contribution < -0.4 is 14.3 Å². The molecule has 0 fully saturated rings. The highest BCUT2D eigenvalue weighted by Gasteiger charge is 2.25. The Bertz CT molecular complexity index is 1360. The normalized spacial score (nSPS) is 10.6. The molecule has 34 heavy (non-hydrogen) atoms. The molecule has 5 rings (SSSR count). The first-order valence-corrected chi connectivity index (χ1v) is 10.9. The first-order chi connectivity index (χ1) is 16.8. The monoisotopic (exact) mass is 448 g/mol. The van der Waals surface area contributed by atoms with Crippen LogP contribution in [-0.4, -0.2) is 24.1 Å². The van der Waals surface area contributed by atoms with Crippen molar-refractivity contribution in [1.82, 2.24) is 9.90 Å². The number of aromatic nitrogens is 3. The Labute approximate surface area is 198 Å². The van der Waals surface area contributed by atoms with Gasteiger partial charge in [0, 0.05) is 16.8 Å². The topological polar surface area (TPSA) is 54.3 Å². The summed E-state index contributed by atoms with van der Waals surface area (Å²) < 4.78 is 10.7. The summed E-state index contributed by atoms with van der Waals surface area (Å²) in [6.45, 7) is 0. The van der Waals surface area contributed by atoms with Crippen molar-refractivity contribution in [1.29, 1.82) is 0 Å². The van der Waals surface area contributed by atoms with Gasteiger partial charge in [0.15, 0.2) is 5.69 Å². The fourth-order valence-electron chi connectivity index (χ4n) is 3.74. The van der Waals surface area contributed by atoms with Crippen LogP contribution in [0.25, 0.3) is 33.6 Å². The minimum Gasteiger partial charge on any atom is -0.497 e. The molecule has 6 heteroatoms. The Morgan fingerprint density at radius 2 is 1.18 bits per heavy atom. The molecule has 0 saturated heterocycles. The third kappa shape index (κ3) is 4.21. The summed E-state index contributed by atoms with van der Waals surface area (Å²) >= 11 is 0. The Morgan fingerprint density at radius 1 is 0.647 bits per heavy atom. The van der Waals surface area contributed by atoms with Crippen LogP contribution in [0.1, 0.15) is 0 Å². The van der Waals surface area contributed by atoms with Gasteiger partial charge < -0.3 is 9.47 Å². The molecule has 0 unspecified atom stereocenters. The summed E-state index contributed by atoms with van der Waals surface area (Å²) in [5, 5.41) is 5.04. The number of rotatable bonds is 7. The zero-order valence-electron chi connectivity index (χ0n) is 19.0. The summed E-state index contributed by atoms with van der Waals surface area (Å²) in [6.07, 6.45) is 0. The van der Waals surface area contributed by atoms with Gasteiger partial charge in [0.1, 0.15) is 11.5 Å². The molecular weight excluding hydrogens is 424 g/mol. The maximum absolute atomic E-state index is 5.38. The van der Waals surface area contributed by atoms with Crippen molar-refractivity contribution in [2.75, 3.05) is 14.2 Å². The highest BCUT2D eigenvalue weighted by Crippen LogP contribution is 2.32. The van der Waals surface area contributed by atoms with E-state index in [1.807, 2.05) is 119 Å². The molecule has 0 bridgehead atoms. The fraction of sp³-hybridized carbons (Fsp3) is 0.0714. The van der Waals surface area contributed by atoms with Gasteiger partial charge in [0.05, 0.1) is 14.2 Å². The van der Waals surface area contributed by atoms with E-state index >= 15 is 0 Å². The van der Waals surface area contributed by atoms with Gasteiger partial charge in [-0.25, -0.2) is 0 Å². The van der Waals surface area contributed by atoms with Gasteiger partial charge in [-0.1, -0.05) is 60.7 Å². The number of para-hydroxylation sites is 1. The van der Waals surface area contributed by atoms with E-state index < -0.39 is 0 Å². The van der Waals surface area contributed by atoms with Crippen molar-refractivity contribution in [3.63, 3.8) is 0 Å². The molecule has 168 valence electrons. The number of hydrogen-bond acceptors (Lipinski definition) is 3. The molecule has 0 spiro atoms. The van der Waals surface area contributed by atoms with E-state index in [1.54, 1.807) is 14.2 Å². The number of hydrogen-bond donors (Lipinski definition) is 0. The molecular formula is C28H24N4O2. The average Bonchev–Trinajstić information content (AvgIpc) is 3.28. The lowest BCUT2D eigenvalue weighted by Crippen LogP contribution is -2.40. The lowest BCUT2D eigenvalue weighted by Gasteiger charge is -2.16. The van der Waals surface area contributed by atoms with Crippen LogP contribution in [0.15, 0.2) is 109 Å². The van der Waals surface area contributed by atoms with Crippen molar-refractivity contribution < 1.29 is 14.3 Å². The second-order valence-electron chi connectivity index (χ2n) is 7.60. The van der Waals surface area contributed by atoms with Crippen LogP contribution in [-0.2, 0) is 0 Å². The minimum absolute atomic E-state index is 0.789. The number of nitrogens with zero attached hydrogens (tertiary/aromatic N) is 4. The van der Waals surface area contributed by atoms with Crippen molar-refractivity contribution in [3.05, 3.63) is 115 Å². The molecule has 0 atom stereocenters. The molecule has 0 aliphatic rings. The number of ether oxygens (including phenoxy) is 2. The van der Waals surface area contributed by atoms with Crippen LogP contribution >= 0.6 is 0 Å². The molecule has 1 heterocycles. The second kappa shape index (κ2) is 9.50. The van der Waals surface area contributed by atoms with Gasteiger partial charge in [-0.2, -0.15) is 4.79 Å². The van der Waals surface area contributed by atoms with E-state index in [2.05, 4.69) is 0 Å². The largest absolute Gasteiger partial charge is 0.497 e. The molecule has 0 aliphatic carbocycles. The highest BCUT2D eigenvalue weighted by molar-refractivity contribution is 5.76. The Morgan fingerprint density at radius 3 is 1.74 bits per heavy atom. The molecule has 5 aromatic rings. The smallest absolute Gasteiger partial charge is 0.234 e. The highest BCUT2D eigenvalue weighted by atomic mass is 16.5. The van der Waals surface area contributed by atoms with Crippen molar-refractivity contribution >= 4 is 5.69 Å². The van der Waals surface area contributed by atoms with E-state index in [-0.39, 0.29) is 0 Å². The zero-order valence-corrected chi connectivity index (χ0v) is 19.0. The molecule has 0 N–H and O–H groups in total. The van der Waals surface area contributed by atoms with Gasteiger partial charge in [-0.05, 0) is 59.3 Å². The summed E-state index contributed by atoms with van der Waals surface area (Å²) in [5.74, 6) is 1.58. The molecule has 0 aliphatic heterocycles. The first kappa shape index (κ1) is 21.3. The van der Waals surface area contributed by atoms with Crippen LogP contribution in [0.3, 0.4) is 0 Å². The average molecular weight is 449 g/mol. The maximum atomic E-state index is 5.38. The summed E-state index contributed by atoms with van der Waals surface area (Å²) in [7, 11) is 3.32. The summed E-state index contributed by atoms with van der Waals surface area (Å²) in [4.78, 5) is 3.68. The van der Waals surface area contributed by atoms with E-state index in [1.165, 1.54) is 0 Å². The van der Waals surface area contributed by atoms with Crippen LogP contribution in [0.5, 0.6) is 11.5 Å². The van der Waals surface area contributed by atoms with Crippen molar-refractivity contribution in [3.8, 4) is 39.7 Å². The molecule has 0 amide bonds. The van der Waals surface area contributed by atoms with E-state index in [0.717, 1.165) is 45.4 Å². The first-order valence-electron chi connectivity index (χ1n) is 10.9.